The highest BCUT2D eigenvalue weighted by molar-refractivity contribution is 6.38. The molecule has 0 unspecified atom stereocenters. The molecule has 1 amide bonds. The molecule has 1 aliphatic heterocycles. The van der Waals surface area contributed by atoms with E-state index in [2.05, 4.69) is 24.2 Å². The van der Waals surface area contributed by atoms with Crippen LogP contribution in [0.5, 0.6) is 0 Å². The Hall–Kier alpha value is -2.63. The monoisotopic (exact) mass is 341 g/mol. The van der Waals surface area contributed by atoms with E-state index >= 15 is 0 Å². The molecule has 0 aromatic heterocycles. The van der Waals surface area contributed by atoms with E-state index < -0.39 is 17.9 Å². The van der Waals surface area contributed by atoms with Crippen LogP contribution in [-0.4, -0.2) is 30.2 Å². The fourth-order valence-electron chi connectivity index (χ4n) is 3.18. The maximum absolute atomic E-state index is 12.4. The van der Waals surface area contributed by atoms with Gasteiger partial charge < -0.3 is 10.5 Å². The Morgan fingerprint density at radius 2 is 1.96 bits per heavy atom. The molecule has 0 fully saturated rings. The molecular formula is C19H23N3O3. The van der Waals surface area contributed by atoms with Gasteiger partial charge in [0.05, 0.1) is 12.3 Å². The number of amides is 1. The van der Waals surface area contributed by atoms with Crippen molar-refractivity contribution in [2.24, 2.45) is 22.7 Å². The van der Waals surface area contributed by atoms with Gasteiger partial charge in [-0.15, -0.1) is 0 Å². The van der Waals surface area contributed by atoms with Crippen molar-refractivity contribution in [2.45, 2.75) is 32.2 Å². The molecule has 0 spiro atoms. The summed E-state index contributed by atoms with van der Waals surface area (Å²) < 4.78 is 5.47. The summed E-state index contributed by atoms with van der Waals surface area (Å²) in [5.74, 6) is -0.163. The first kappa shape index (κ1) is 17.2. The van der Waals surface area contributed by atoms with E-state index in [9.17, 15) is 9.59 Å². The third kappa shape index (κ3) is 3.90. The molecule has 0 radical (unpaired) electrons. The van der Waals surface area contributed by atoms with Crippen LogP contribution in [0.1, 0.15) is 26.2 Å². The van der Waals surface area contributed by atoms with Crippen LogP contribution in [0.2, 0.25) is 0 Å². The Morgan fingerprint density at radius 1 is 1.24 bits per heavy atom. The molecule has 1 aromatic rings. The molecule has 6 heteroatoms. The minimum absolute atomic E-state index is 0.170. The predicted molar refractivity (Wildman–Crippen MR) is 95.9 cm³/mol. The van der Waals surface area contributed by atoms with Crippen molar-refractivity contribution < 1.29 is 14.3 Å². The number of allylic oxidation sites excluding steroid dienone is 2. The van der Waals surface area contributed by atoms with Gasteiger partial charge in [0.2, 0.25) is 5.91 Å². The van der Waals surface area contributed by atoms with Crippen LogP contribution in [0.4, 0.5) is 5.69 Å². The number of hydrazone groups is 1. The molecule has 6 nitrogen and oxygen atoms in total. The largest absolute Gasteiger partial charge is 0.461 e. The summed E-state index contributed by atoms with van der Waals surface area (Å²) in [6, 6.07) is 8.54. The fourth-order valence-corrected chi connectivity index (χ4v) is 3.18. The molecular weight excluding hydrogens is 318 g/mol. The van der Waals surface area contributed by atoms with E-state index in [1.54, 1.807) is 0 Å². The van der Waals surface area contributed by atoms with Crippen LogP contribution in [0.3, 0.4) is 0 Å². The number of hydrogen-bond donors (Lipinski definition) is 1. The van der Waals surface area contributed by atoms with Crippen LogP contribution in [-0.2, 0) is 14.3 Å². The molecule has 1 aliphatic carbocycles. The summed E-state index contributed by atoms with van der Waals surface area (Å²) in [5, 5.41) is 5.81. The number of hydrogen-bond acceptors (Lipinski definition) is 5. The fraction of sp³-hybridized carbons (Fsp3) is 0.421. The van der Waals surface area contributed by atoms with Gasteiger partial charge in [0.1, 0.15) is 11.8 Å². The Bertz CT molecular complexity index is 699. The van der Waals surface area contributed by atoms with Crippen LogP contribution in [0.25, 0.3) is 0 Å². The van der Waals surface area contributed by atoms with Crippen molar-refractivity contribution in [3.63, 3.8) is 0 Å². The molecule has 2 N–H and O–H groups in total. The third-order valence-electron chi connectivity index (χ3n) is 4.84. The number of rotatable bonds is 5. The lowest BCUT2D eigenvalue weighted by Crippen LogP contribution is -2.39. The Morgan fingerprint density at radius 3 is 2.64 bits per heavy atom. The van der Waals surface area contributed by atoms with Crippen molar-refractivity contribution in [3.8, 4) is 0 Å². The van der Waals surface area contributed by atoms with E-state index in [4.69, 9.17) is 10.5 Å². The molecule has 1 heterocycles. The summed E-state index contributed by atoms with van der Waals surface area (Å²) in [5.41, 5.74) is 6.45. The number of carbonyl (C=O) groups is 2. The molecule has 3 rings (SSSR count). The molecule has 132 valence electrons. The molecule has 1 aromatic carbocycles. The van der Waals surface area contributed by atoms with Gasteiger partial charge in [-0.3, -0.25) is 9.80 Å². The number of anilines is 1. The second-order valence-corrected chi connectivity index (χ2v) is 6.63. The maximum atomic E-state index is 12.4. The summed E-state index contributed by atoms with van der Waals surface area (Å²) in [6.07, 6.45) is 6.39. The van der Waals surface area contributed by atoms with Gasteiger partial charge in [0.15, 0.2) is 0 Å². The van der Waals surface area contributed by atoms with E-state index in [0.29, 0.717) is 18.4 Å². The van der Waals surface area contributed by atoms with Gasteiger partial charge in [-0.25, -0.2) is 4.79 Å². The molecule has 25 heavy (non-hydrogen) atoms. The highest BCUT2D eigenvalue weighted by Crippen LogP contribution is 2.27. The summed E-state index contributed by atoms with van der Waals surface area (Å²) in [4.78, 5) is 24.1. The van der Waals surface area contributed by atoms with E-state index in [0.717, 1.165) is 18.5 Å². The van der Waals surface area contributed by atoms with Crippen LogP contribution < -0.4 is 10.7 Å². The lowest BCUT2D eigenvalue weighted by Gasteiger charge is -2.24. The topological polar surface area (TPSA) is 85.0 Å². The smallest absolute Gasteiger partial charge is 0.354 e. The van der Waals surface area contributed by atoms with Gasteiger partial charge in [-0.1, -0.05) is 37.3 Å². The third-order valence-corrected chi connectivity index (χ3v) is 4.84. The number of para-hydroxylation sites is 1. The lowest BCUT2D eigenvalue weighted by molar-refractivity contribution is -0.137. The average Bonchev–Trinajstić information content (AvgIpc) is 3.07. The Balaban J connectivity index is 1.67. The normalized spacial score (nSPS) is 25.6. The SMILES string of the molecule is C[C@@H]1CC=CC[C@@H]1COC(=O)C1=NN(c2ccccc2)[C@H](C(N)=O)C1. The second kappa shape index (κ2) is 7.51. The first-order valence-corrected chi connectivity index (χ1v) is 8.59. The van der Waals surface area contributed by atoms with Crippen LogP contribution >= 0.6 is 0 Å². The van der Waals surface area contributed by atoms with Gasteiger partial charge in [0, 0.05) is 6.42 Å². The Kier molecular flexibility index (Phi) is 5.16. The number of ether oxygens (including phenoxy) is 1. The van der Waals surface area contributed by atoms with Crippen molar-refractivity contribution in [3.05, 3.63) is 42.5 Å². The summed E-state index contributed by atoms with van der Waals surface area (Å²) in [6.45, 7) is 2.53. The molecule has 0 saturated heterocycles. The van der Waals surface area contributed by atoms with Crippen LogP contribution in [0.15, 0.2) is 47.6 Å². The molecule has 0 saturated carbocycles. The summed E-state index contributed by atoms with van der Waals surface area (Å²) in [7, 11) is 0. The van der Waals surface area contributed by atoms with Crippen molar-refractivity contribution in [1.29, 1.82) is 0 Å². The first-order valence-electron chi connectivity index (χ1n) is 8.59. The molecule has 0 bridgehead atoms. The number of benzene rings is 1. The first-order chi connectivity index (χ1) is 12.1. The van der Waals surface area contributed by atoms with Gasteiger partial charge >= 0.3 is 5.97 Å². The van der Waals surface area contributed by atoms with Gasteiger partial charge in [-0.2, -0.15) is 5.10 Å². The number of nitrogens with zero attached hydrogens (tertiary/aromatic N) is 2. The zero-order valence-electron chi connectivity index (χ0n) is 14.3. The molecule has 3 atom stereocenters. The van der Waals surface area contributed by atoms with E-state index in [-0.39, 0.29) is 12.1 Å². The van der Waals surface area contributed by atoms with Crippen molar-refractivity contribution in [1.82, 2.24) is 0 Å². The van der Waals surface area contributed by atoms with Gasteiger partial charge in [0.25, 0.3) is 0 Å². The highest BCUT2D eigenvalue weighted by Gasteiger charge is 2.36. The van der Waals surface area contributed by atoms with Crippen molar-refractivity contribution in [2.75, 3.05) is 11.6 Å². The minimum atomic E-state index is -0.665. The number of carbonyl (C=O) groups excluding carboxylic acids is 2. The zero-order chi connectivity index (χ0) is 17.8. The quantitative estimate of drug-likeness (QED) is 0.657. The second-order valence-electron chi connectivity index (χ2n) is 6.63. The number of primary amides is 1. The lowest BCUT2D eigenvalue weighted by atomic mass is 9.85. The minimum Gasteiger partial charge on any atom is -0.461 e. The zero-order valence-corrected chi connectivity index (χ0v) is 14.3. The van der Waals surface area contributed by atoms with Crippen LogP contribution in [0, 0.1) is 11.8 Å². The standard InChI is InChI=1S/C19H23N3O3/c1-13-7-5-6-8-14(13)12-25-19(24)16-11-17(18(20)23)22(21-16)15-9-3-2-4-10-15/h2-6,9-10,13-14,17H,7-8,11-12H2,1H3,(H2,20,23)/t13-,14-,17+/m1/s1. The maximum Gasteiger partial charge on any atom is 0.354 e. The molecule has 2 aliphatic rings. The van der Waals surface area contributed by atoms with E-state index in [1.807, 2.05) is 30.3 Å². The van der Waals surface area contributed by atoms with Gasteiger partial charge in [-0.05, 0) is 36.8 Å². The van der Waals surface area contributed by atoms with E-state index in [1.165, 1.54) is 5.01 Å². The Labute approximate surface area is 147 Å². The summed E-state index contributed by atoms with van der Waals surface area (Å²) >= 11 is 0. The van der Waals surface area contributed by atoms with Crippen molar-refractivity contribution >= 4 is 23.3 Å². The highest BCUT2D eigenvalue weighted by atomic mass is 16.5. The average molecular weight is 341 g/mol. The number of nitrogens with two attached hydrogens (primary N) is 1. The number of esters is 1. The predicted octanol–water partition coefficient (Wildman–Crippen LogP) is 2.25.